The monoisotopic (exact) mass is 192 g/mol. The van der Waals surface area contributed by atoms with Crippen LogP contribution in [0.3, 0.4) is 0 Å². The zero-order valence-corrected chi connectivity index (χ0v) is 9.20. The van der Waals surface area contributed by atoms with E-state index in [1.807, 2.05) is 27.7 Å². The highest BCUT2D eigenvalue weighted by atomic mass is 15.2. The van der Waals surface area contributed by atoms with Gasteiger partial charge in [0.05, 0.1) is 36.1 Å². The second-order valence-corrected chi connectivity index (χ2v) is 4.49. The summed E-state index contributed by atoms with van der Waals surface area (Å²) in [7, 11) is 0. The van der Waals surface area contributed by atoms with Gasteiger partial charge in [-0.05, 0) is 27.7 Å². The maximum absolute atomic E-state index is 8.53. The third-order valence-corrected chi connectivity index (χ3v) is 1.61. The lowest BCUT2D eigenvalue weighted by Crippen LogP contribution is -2.20. The quantitative estimate of drug-likeness (QED) is 0.642. The van der Waals surface area contributed by atoms with E-state index < -0.39 is 11.1 Å². The molecule has 0 N–H and O–H groups in total. The smallest absolute Gasteiger partial charge is 0.0889 e. The van der Waals surface area contributed by atoms with Gasteiger partial charge in [-0.3, -0.25) is 0 Å². The SMILES string of the molecule is CC(C)(CC#N)N=NC(C)(C)CC#N. The Morgan fingerprint density at radius 3 is 1.36 bits per heavy atom. The molecule has 0 spiro atoms. The summed E-state index contributed by atoms with van der Waals surface area (Å²) in [5.41, 5.74) is -0.914. The number of hydrogen-bond donors (Lipinski definition) is 0. The number of nitrogens with zero attached hydrogens (tertiary/aromatic N) is 4. The van der Waals surface area contributed by atoms with Gasteiger partial charge in [-0.2, -0.15) is 20.8 Å². The van der Waals surface area contributed by atoms with Gasteiger partial charge in [-0.25, -0.2) is 0 Å². The van der Waals surface area contributed by atoms with Gasteiger partial charge < -0.3 is 0 Å². The van der Waals surface area contributed by atoms with Crippen molar-refractivity contribution in [3.8, 4) is 12.1 Å². The van der Waals surface area contributed by atoms with E-state index >= 15 is 0 Å². The van der Waals surface area contributed by atoms with Crippen molar-refractivity contribution in [2.45, 2.75) is 51.6 Å². The van der Waals surface area contributed by atoms with Gasteiger partial charge in [-0.15, -0.1) is 0 Å². The lowest BCUT2D eigenvalue weighted by Gasteiger charge is -2.18. The second kappa shape index (κ2) is 4.72. The molecule has 76 valence electrons. The highest BCUT2D eigenvalue weighted by Gasteiger charge is 2.20. The summed E-state index contributed by atoms with van der Waals surface area (Å²) in [5.74, 6) is 0. The van der Waals surface area contributed by atoms with E-state index in [2.05, 4.69) is 22.4 Å². The van der Waals surface area contributed by atoms with Gasteiger partial charge in [0, 0.05) is 0 Å². The summed E-state index contributed by atoms with van der Waals surface area (Å²) in [6.45, 7) is 7.40. The topological polar surface area (TPSA) is 72.3 Å². The Morgan fingerprint density at radius 2 is 1.14 bits per heavy atom. The molecule has 0 aromatic heterocycles. The first-order valence-corrected chi connectivity index (χ1v) is 4.51. The highest BCUT2D eigenvalue weighted by Crippen LogP contribution is 2.20. The molecule has 0 amide bonds. The van der Waals surface area contributed by atoms with Crippen LogP contribution in [0, 0.1) is 22.7 Å². The van der Waals surface area contributed by atoms with E-state index in [1.54, 1.807) is 0 Å². The Kier molecular flexibility index (Phi) is 4.24. The molecule has 0 unspecified atom stereocenters. The van der Waals surface area contributed by atoms with Gasteiger partial charge >= 0.3 is 0 Å². The fourth-order valence-electron chi connectivity index (χ4n) is 0.728. The van der Waals surface area contributed by atoms with Crippen molar-refractivity contribution >= 4 is 0 Å². The molecule has 0 heterocycles. The van der Waals surface area contributed by atoms with Crippen molar-refractivity contribution in [3.63, 3.8) is 0 Å². The summed E-state index contributed by atoms with van der Waals surface area (Å²) in [6.07, 6.45) is 0.665. The van der Waals surface area contributed by atoms with E-state index in [9.17, 15) is 0 Å². The Morgan fingerprint density at radius 1 is 0.857 bits per heavy atom. The van der Waals surface area contributed by atoms with Crippen molar-refractivity contribution in [1.29, 1.82) is 10.5 Å². The molecule has 0 radical (unpaired) electrons. The zero-order chi connectivity index (χ0) is 11.2. The van der Waals surface area contributed by atoms with Crippen LogP contribution in [0.4, 0.5) is 0 Å². The molecule has 4 nitrogen and oxygen atoms in total. The summed E-state index contributed by atoms with van der Waals surface area (Å²) < 4.78 is 0. The molecular formula is C10H16N4. The summed E-state index contributed by atoms with van der Waals surface area (Å²) in [6, 6.07) is 4.11. The molecule has 0 aliphatic rings. The van der Waals surface area contributed by atoms with Crippen molar-refractivity contribution in [1.82, 2.24) is 0 Å². The zero-order valence-electron chi connectivity index (χ0n) is 9.20. The first-order valence-electron chi connectivity index (χ1n) is 4.51. The molecule has 14 heavy (non-hydrogen) atoms. The number of nitriles is 2. The molecule has 0 rings (SSSR count). The minimum Gasteiger partial charge on any atom is -0.198 e. The van der Waals surface area contributed by atoms with Crippen LogP contribution in [0.1, 0.15) is 40.5 Å². The van der Waals surface area contributed by atoms with Gasteiger partial charge in [0.2, 0.25) is 0 Å². The van der Waals surface area contributed by atoms with Crippen LogP contribution in [0.2, 0.25) is 0 Å². The summed E-state index contributed by atoms with van der Waals surface area (Å²) >= 11 is 0. The van der Waals surface area contributed by atoms with E-state index in [-0.39, 0.29) is 0 Å². The van der Waals surface area contributed by atoms with Crippen LogP contribution in [-0.4, -0.2) is 11.1 Å². The molecule has 0 bridgehead atoms. The fraction of sp³-hybridized carbons (Fsp3) is 0.800. The Hall–Kier alpha value is -1.42. The molecule has 0 aliphatic carbocycles. The molecule has 0 aromatic rings. The summed E-state index contributed by atoms with van der Waals surface area (Å²) in [4.78, 5) is 0. The van der Waals surface area contributed by atoms with Crippen LogP contribution in [-0.2, 0) is 0 Å². The number of azo groups is 1. The maximum Gasteiger partial charge on any atom is 0.0889 e. The molecule has 0 fully saturated rings. The van der Waals surface area contributed by atoms with Crippen molar-refractivity contribution in [3.05, 3.63) is 0 Å². The van der Waals surface area contributed by atoms with Gasteiger partial charge in [0.25, 0.3) is 0 Å². The Balaban J connectivity index is 4.45. The highest BCUT2D eigenvalue weighted by molar-refractivity contribution is 4.91. The minimum absolute atomic E-state index is 0.332. The number of hydrogen-bond acceptors (Lipinski definition) is 4. The van der Waals surface area contributed by atoms with Crippen molar-refractivity contribution < 1.29 is 0 Å². The van der Waals surface area contributed by atoms with E-state index in [0.29, 0.717) is 12.8 Å². The predicted octanol–water partition coefficient (Wildman–Crippen LogP) is 2.82. The average molecular weight is 192 g/mol. The average Bonchev–Trinajstić information content (AvgIpc) is 2.01. The molecule has 0 saturated carbocycles. The molecular weight excluding hydrogens is 176 g/mol. The second-order valence-electron chi connectivity index (χ2n) is 4.49. The lowest BCUT2D eigenvalue weighted by molar-refractivity contribution is 0.429. The van der Waals surface area contributed by atoms with Gasteiger partial charge in [0.1, 0.15) is 0 Å². The van der Waals surface area contributed by atoms with Crippen molar-refractivity contribution in [2.75, 3.05) is 0 Å². The minimum atomic E-state index is -0.457. The fourth-order valence-corrected chi connectivity index (χ4v) is 0.728. The number of rotatable bonds is 4. The van der Waals surface area contributed by atoms with Crippen LogP contribution >= 0.6 is 0 Å². The third-order valence-electron chi connectivity index (χ3n) is 1.61. The van der Waals surface area contributed by atoms with Crippen LogP contribution < -0.4 is 0 Å². The molecule has 0 atom stereocenters. The van der Waals surface area contributed by atoms with E-state index in [1.165, 1.54) is 0 Å². The molecule has 0 aliphatic heterocycles. The normalized spacial score (nSPS) is 12.4. The van der Waals surface area contributed by atoms with Crippen LogP contribution in [0.25, 0.3) is 0 Å². The van der Waals surface area contributed by atoms with E-state index in [4.69, 9.17) is 10.5 Å². The molecule has 4 heteroatoms. The first kappa shape index (κ1) is 12.6. The standard InChI is InChI=1S/C10H16N4/c1-9(2,5-7-11)13-14-10(3,4)6-8-12/h5-6H2,1-4H3. The molecule has 0 aromatic carbocycles. The van der Waals surface area contributed by atoms with Gasteiger partial charge in [0.15, 0.2) is 0 Å². The summed E-state index contributed by atoms with van der Waals surface area (Å²) in [5, 5.41) is 25.2. The third kappa shape index (κ3) is 5.27. The Labute approximate surface area is 85.3 Å². The van der Waals surface area contributed by atoms with Gasteiger partial charge in [-0.1, -0.05) is 0 Å². The maximum atomic E-state index is 8.53. The predicted molar refractivity (Wildman–Crippen MR) is 53.5 cm³/mol. The Bertz CT molecular complexity index is 258. The lowest BCUT2D eigenvalue weighted by atomic mass is 10.0. The first-order chi connectivity index (χ1) is 6.33. The van der Waals surface area contributed by atoms with Crippen LogP contribution in [0.5, 0.6) is 0 Å². The van der Waals surface area contributed by atoms with Crippen molar-refractivity contribution in [2.24, 2.45) is 10.2 Å². The van der Waals surface area contributed by atoms with E-state index in [0.717, 1.165) is 0 Å². The van der Waals surface area contributed by atoms with Crippen LogP contribution in [0.15, 0.2) is 10.2 Å². The largest absolute Gasteiger partial charge is 0.198 e. The molecule has 0 saturated heterocycles.